The molecule has 1 rings (SSSR count). The molecular weight excluding hydrogens is 124 g/mol. The summed E-state index contributed by atoms with van der Waals surface area (Å²) in [7, 11) is 0. The number of allylic oxidation sites excluding steroid dienone is 3. The van der Waals surface area contributed by atoms with Gasteiger partial charge in [0.1, 0.15) is 0 Å². The highest BCUT2D eigenvalue weighted by molar-refractivity contribution is 5.92. The van der Waals surface area contributed by atoms with E-state index in [2.05, 4.69) is 6.58 Å². The van der Waals surface area contributed by atoms with Crippen LogP contribution in [0.4, 0.5) is 0 Å². The molecule has 0 saturated carbocycles. The summed E-state index contributed by atoms with van der Waals surface area (Å²) in [4.78, 5) is 10.9. The molecule has 0 N–H and O–H groups in total. The number of rotatable bonds is 0. The topological polar surface area (TPSA) is 17.1 Å². The van der Waals surface area contributed by atoms with Crippen LogP contribution in [-0.2, 0) is 4.79 Å². The van der Waals surface area contributed by atoms with Crippen molar-refractivity contribution < 1.29 is 4.79 Å². The largest absolute Gasteiger partial charge is 0.295 e. The third-order valence-corrected chi connectivity index (χ3v) is 1.99. The number of carbonyl (C=O) groups is 1. The molecule has 1 nitrogen and oxygen atoms in total. The summed E-state index contributed by atoms with van der Waals surface area (Å²) in [5, 5.41) is 0. The van der Waals surface area contributed by atoms with Crippen LogP contribution in [0.1, 0.15) is 20.3 Å². The minimum absolute atomic E-state index is 0.234. The van der Waals surface area contributed by atoms with Gasteiger partial charge < -0.3 is 0 Å². The smallest absolute Gasteiger partial charge is 0.156 e. The predicted molar refractivity (Wildman–Crippen MR) is 41.7 cm³/mol. The lowest BCUT2D eigenvalue weighted by molar-refractivity contribution is -0.115. The molecule has 0 spiro atoms. The Morgan fingerprint density at radius 1 is 1.70 bits per heavy atom. The van der Waals surface area contributed by atoms with Crippen LogP contribution < -0.4 is 0 Å². The van der Waals surface area contributed by atoms with Crippen LogP contribution in [0.2, 0.25) is 0 Å². The Hall–Kier alpha value is -0.850. The summed E-state index contributed by atoms with van der Waals surface area (Å²) in [6.45, 7) is 7.87. The van der Waals surface area contributed by atoms with Gasteiger partial charge in [0.05, 0.1) is 0 Å². The van der Waals surface area contributed by atoms with Crippen molar-refractivity contribution in [3.8, 4) is 0 Å². The Balaban J connectivity index is 2.91. The van der Waals surface area contributed by atoms with E-state index in [1.165, 1.54) is 0 Å². The van der Waals surface area contributed by atoms with Crippen molar-refractivity contribution in [2.24, 2.45) is 5.92 Å². The van der Waals surface area contributed by atoms with E-state index in [1.807, 2.05) is 13.8 Å². The average Bonchev–Trinajstić information content (AvgIpc) is 1.82. The SMILES string of the molecule is C=C1C(C)=CC(=O)CC1C. The molecule has 0 heterocycles. The van der Waals surface area contributed by atoms with Gasteiger partial charge in [-0.05, 0) is 30.1 Å². The summed E-state index contributed by atoms with van der Waals surface area (Å²) in [6, 6.07) is 0. The molecule has 0 amide bonds. The van der Waals surface area contributed by atoms with Gasteiger partial charge in [0.25, 0.3) is 0 Å². The molecule has 54 valence electrons. The molecular formula is C9H12O. The van der Waals surface area contributed by atoms with Gasteiger partial charge in [0.2, 0.25) is 0 Å². The fraction of sp³-hybridized carbons (Fsp3) is 0.444. The van der Waals surface area contributed by atoms with E-state index in [9.17, 15) is 4.79 Å². The second-order valence-electron chi connectivity index (χ2n) is 2.92. The van der Waals surface area contributed by atoms with Crippen molar-refractivity contribution in [1.82, 2.24) is 0 Å². The van der Waals surface area contributed by atoms with Crippen molar-refractivity contribution in [2.45, 2.75) is 20.3 Å². The summed E-state index contributed by atoms with van der Waals surface area (Å²) < 4.78 is 0. The Bertz CT molecular complexity index is 211. The van der Waals surface area contributed by atoms with Crippen LogP contribution in [-0.4, -0.2) is 5.78 Å². The van der Waals surface area contributed by atoms with Crippen molar-refractivity contribution >= 4 is 5.78 Å². The zero-order valence-electron chi connectivity index (χ0n) is 6.48. The first-order valence-corrected chi connectivity index (χ1v) is 3.51. The van der Waals surface area contributed by atoms with Crippen LogP contribution >= 0.6 is 0 Å². The summed E-state index contributed by atoms with van der Waals surface area (Å²) in [5.41, 5.74) is 2.16. The molecule has 0 fully saturated rings. The maximum absolute atomic E-state index is 10.9. The second-order valence-corrected chi connectivity index (χ2v) is 2.92. The molecule has 0 aromatic heterocycles. The van der Waals surface area contributed by atoms with Gasteiger partial charge in [-0.15, -0.1) is 0 Å². The fourth-order valence-corrected chi connectivity index (χ4v) is 1.21. The highest BCUT2D eigenvalue weighted by Gasteiger charge is 2.17. The third kappa shape index (κ3) is 1.18. The van der Waals surface area contributed by atoms with E-state index in [4.69, 9.17) is 0 Å². The number of hydrogen-bond acceptors (Lipinski definition) is 1. The van der Waals surface area contributed by atoms with Gasteiger partial charge in [0.15, 0.2) is 5.78 Å². The molecule has 0 bridgehead atoms. The normalized spacial score (nSPS) is 26.6. The standard InChI is InChI=1S/C9H12O/c1-6-4-9(10)5-7(2)8(6)3/h4,7H,3,5H2,1-2H3. The second kappa shape index (κ2) is 2.41. The van der Waals surface area contributed by atoms with Crippen molar-refractivity contribution in [2.75, 3.05) is 0 Å². The van der Waals surface area contributed by atoms with Gasteiger partial charge in [-0.1, -0.05) is 13.5 Å². The van der Waals surface area contributed by atoms with E-state index in [-0.39, 0.29) is 5.78 Å². The highest BCUT2D eigenvalue weighted by atomic mass is 16.1. The molecule has 10 heavy (non-hydrogen) atoms. The van der Waals surface area contributed by atoms with E-state index >= 15 is 0 Å². The van der Waals surface area contributed by atoms with Gasteiger partial charge >= 0.3 is 0 Å². The van der Waals surface area contributed by atoms with Crippen LogP contribution in [0.15, 0.2) is 23.8 Å². The van der Waals surface area contributed by atoms with Gasteiger partial charge in [-0.3, -0.25) is 4.79 Å². The third-order valence-electron chi connectivity index (χ3n) is 1.99. The van der Waals surface area contributed by atoms with Gasteiger partial charge in [0, 0.05) is 6.42 Å². The lowest BCUT2D eigenvalue weighted by Gasteiger charge is -2.18. The Labute approximate surface area is 61.4 Å². The van der Waals surface area contributed by atoms with E-state index in [1.54, 1.807) is 6.08 Å². The van der Waals surface area contributed by atoms with Crippen molar-refractivity contribution in [3.05, 3.63) is 23.8 Å². The van der Waals surface area contributed by atoms with Gasteiger partial charge in [-0.2, -0.15) is 0 Å². The van der Waals surface area contributed by atoms with Crippen LogP contribution in [0, 0.1) is 5.92 Å². The van der Waals surface area contributed by atoms with E-state index in [0.29, 0.717) is 12.3 Å². The first kappa shape index (κ1) is 7.26. The minimum Gasteiger partial charge on any atom is -0.295 e. The van der Waals surface area contributed by atoms with Gasteiger partial charge in [-0.25, -0.2) is 0 Å². The zero-order valence-corrected chi connectivity index (χ0v) is 6.48. The minimum atomic E-state index is 0.234. The summed E-state index contributed by atoms with van der Waals surface area (Å²) >= 11 is 0. The summed E-state index contributed by atoms with van der Waals surface area (Å²) in [6.07, 6.45) is 2.32. The Morgan fingerprint density at radius 2 is 2.30 bits per heavy atom. The van der Waals surface area contributed by atoms with Crippen LogP contribution in [0.3, 0.4) is 0 Å². The number of ketones is 1. The molecule has 0 radical (unpaired) electrons. The first-order chi connectivity index (χ1) is 4.61. The fourth-order valence-electron chi connectivity index (χ4n) is 1.21. The molecule has 1 unspecified atom stereocenters. The number of hydrogen-bond donors (Lipinski definition) is 0. The van der Waals surface area contributed by atoms with E-state index < -0.39 is 0 Å². The first-order valence-electron chi connectivity index (χ1n) is 3.51. The Kier molecular flexibility index (Phi) is 1.75. The molecule has 0 aliphatic heterocycles. The zero-order chi connectivity index (χ0) is 7.72. The Morgan fingerprint density at radius 3 is 2.80 bits per heavy atom. The maximum atomic E-state index is 10.9. The number of carbonyl (C=O) groups excluding carboxylic acids is 1. The van der Waals surface area contributed by atoms with Crippen molar-refractivity contribution in [3.63, 3.8) is 0 Å². The average molecular weight is 136 g/mol. The molecule has 1 aliphatic rings. The van der Waals surface area contributed by atoms with Crippen molar-refractivity contribution in [1.29, 1.82) is 0 Å². The molecule has 0 aromatic rings. The molecule has 0 saturated heterocycles. The lowest BCUT2D eigenvalue weighted by atomic mass is 9.86. The molecule has 0 aromatic carbocycles. The lowest BCUT2D eigenvalue weighted by Crippen LogP contribution is -2.12. The van der Waals surface area contributed by atoms with Crippen LogP contribution in [0.5, 0.6) is 0 Å². The highest BCUT2D eigenvalue weighted by Crippen LogP contribution is 2.25. The summed E-state index contributed by atoms with van der Waals surface area (Å²) in [5.74, 6) is 0.579. The monoisotopic (exact) mass is 136 g/mol. The maximum Gasteiger partial charge on any atom is 0.156 e. The molecule has 1 heteroatoms. The molecule has 1 atom stereocenters. The molecule has 1 aliphatic carbocycles. The quantitative estimate of drug-likeness (QED) is 0.498. The predicted octanol–water partition coefficient (Wildman–Crippen LogP) is 2.10. The van der Waals surface area contributed by atoms with E-state index in [0.717, 1.165) is 11.1 Å². The van der Waals surface area contributed by atoms with Crippen LogP contribution in [0.25, 0.3) is 0 Å².